The Morgan fingerprint density at radius 2 is 1.74 bits per heavy atom. The van der Waals surface area contributed by atoms with Crippen molar-refractivity contribution in [3.8, 4) is 11.5 Å². The highest BCUT2D eigenvalue weighted by Gasteiger charge is 2.22. The first-order valence-electron chi connectivity index (χ1n) is 9.64. The van der Waals surface area contributed by atoms with Crippen LogP contribution >= 0.6 is 12.2 Å². The van der Waals surface area contributed by atoms with Crippen LogP contribution in [-0.2, 0) is 13.2 Å². The molecule has 0 radical (unpaired) electrons. The van der Waals surface area contributed by atoms with Crippen molar-refractivity contribution in [3.63, 3.8) is 0 Å². The summed E-state index contributed by atoms with van der Waals surface area (Å²) in [5.74, 6) is 1.52. The summed E-state index contributed by atoms with van der Waals surface area (Å²) in [6.07, 6.45) is 5.13. The van der Waals surface area contributed by atoms with Crippen molar-refractivity contribution in [3.05, 3.63) is 39.9 Å². The third-order valence-corrected chi connectivity index (χ3v) is 6.12. The van der Waals surface area contributed by atoms with Crippen LogP contribution in [-0.4, -0.2) is 35.3 Å². The van der Waals surface area contributed by atoms with Gasteiger partial charge in [0.2, 0.25) is 0 Å². The summed E-state index contributed by atoms with van der Waals surface area (Å²) < 4.78 is 16.4. The molecule has 148 valence electrons. The van der Waals surface area contributed by atoms with Gasteiger partial charge in [0.1, 0.15) is 0 Å². The Hall–Kier alpha value is -1.79. The lowest BCUT2D eigenvalue weighted by Gasteiger charge is -2.19. The molecule has 1 aromatic carbocycles. The van der Waals surface area contributed by atoms with E-state index in [-0.39, 0.29) is 0 Å². The van der Waals surface area contributed by atoms with Crippen molar-refractivity contribution in [2.75, 3.05) is 21.3 Å². The molecule has 1 heterocycles. The molecule has 1 aliphatic rings. The van der Waals surface area contributed by atoms with E-state index in [4.69, 9.17) is 21.7 Å². The Kier molecular flexibility index (Phi) is 6.27. The molecule has 0 unspecified atom stereocenters. The smallest absolute Gasteiger partial charge is 0.181 e. The van der Waals surface area contributed by atoms with Gasteiger partial charge < -0.3 is 18.6 Å². The minimum atomic E-state index is 0.577. The molecule has 0 N–H and O–H groups in total. The van der Waals surface area contributed by atoms with E-state index in [0.29, 0.717) is 6.04 Å². The van der Waals surface area contributed by atoms with Gasteiger partial charge in [0.25, 0.3) is 0 Å². The van der Waals surface area contributed by atoms with Gasteiger partial charge in [-0.15, -0.1) is 0 Å². The highest BCUT2D eigenvalue weighted by Crippen LogP contribution is 2.32. The van der Waals surface area contributed by atoms with E-state index >= 15 is 0 Å². The van der Waals surface area contributed by atoms with E-state index in [1.165, 1.54) is 42.6 Å². The van der Waals surface area contributed by atoms with Gasteiger partial charge in [-0.3, -0.25) is 4.90 Å². The van der Waals surface area contributed by atoms with Crippen LogP contribution in [0.1, 0.15) is 48.7 Å². The molecule has 2 aromatic rings. The molecule has 1 fully saturated rings. The van der Waals surface area contributed by atoms with Gasteiger partial charge in [-0.1, -0.05) is 18.9 Å². The summed E-state index contributed by atoms with van der Waals surface area (Å²) in [4.78, 5) is 2.28. The van der Waals surface area contributed by atoms with Gasteiger partial charge in [-0.05, 0) is 63.7 Å². The topological polar surface area (TPSA) is 31.6 Å². The largest absolute Gasteiger partial charge is 0.493 e. The maximum atomic E-state index is 5.86. The minimum absolute atomic E-state index is 0.577. The summed E-state index contributed by atoms with van der Waals surface area (Å²) in [7, 11) is 5.45. The third kappa shape index (κ3) is 4.06. The average Bonchev–Trinajstić information content (AvgIpc) is 3.25. The molecule has 1 aliphatic carbocycles. The first-order chi connectivity index (χ1) is 13.0. The van der Waals surface area contributed by atoms with Crippen LogP contribution in [0.15, 0.2) is 18.2 Å². The monoisotopic (exact) mass is 389 g/mol. The fourth-order valence-electron chi connectivity index (χ4n) is 4.13. The van der Waals surface area contributed by atoms with E-state index in [0.717, 1.165) is 29.5 Å². The van der Waals surface area contributed by atoms with Crippen molar-refractivity contribution in [2.24, 2.45) is 0 Å². The number of benzene rings is 1. The van der Waals surface area contributed by atoms with E-state index < -0.39 is 0 Å². The molecule has 6 heteroatoms. The molecule has 3 rings (SSSR count). The van der Waals surface area contributed by atoms with Crippen LogP contribution < -0.4 is 9.47 Å². The molecule has 0 bridgehead atoms. The van der Waals surface area contributed by atoms with Crippen LogP contribution in [0, 0.1) is 18.6 Å². The van der Waals surface area contributed by atoms with Gasteiger partial charge in [-0.25, -0.2) is 0 Å². The second kappa shape index (κ2) is 8.48. The summed E-state index contributed by atoms with van der Waals surface area (Å²) in [5, 5.41) is 0. The number of hydrogen-bond donors (Lipinski definition) is 0. The zero-order valence-electron chi connectivity index (χ0n) is 17.1. The van der Waals surface area contributed by atoms with Crippen LogP contribution in [0.3, 0.4) is 0 Å². The van der Waals surface area contributed by atoms with Crippen molar-refractivity contribution in [1.29, 1.82) is 0 Å². The molecule has 1 aromatic heterocycles. The first-order valence-corrected chi connectivity index (χ1v) is 10.0. The molecule has 27 heavy (non-hydrogen) atoms. The summed E-state index contributed by atoms with van der Waals surface area (Å²) in [5.41, 5.74) is 3.77. The number of ether oxygens (including phenoxy) is 2. The Morgan fingerprint density at radius 3 is 2.37 bits per heavy atom. The lowest BCUT2D eigenvalue weighted by molar-refractivity contribution is 0.254. The van der Waals surface area contributed by atoms with Gasteiger partial charge in [0, 0.05) is 24.0 Å². The maximum absolute atomic E-state index is 5.86. The van der Waals surface area contributed by atoms with Crippen LogP contribution in [0.25, 0.3) is 0 Å². The fraction of sp³-hybridized carbons (Fsp3) is 0.571. The van der Waals surface area contributed by atoms with Crippen molar-refractivity contribution < 1.29 is 9.47 Å². The number of nitrogens with zero attached hydrogens (tertiary/aromatic N) is 3. The number of aromatic nitrogens is 2. The Labute approximate surface area is 167 Å². The Balaban J connectivity index is 1.77. The van der Waals surface area contributed by atoms with Crippen molar-refractivity contribution in [2.45, 2.75) is 58.8 Å². The van der Waals surface area contributed by atoms with E-state index in [9.17, 15) is 0 Å². The van der Waals surface area contributed by atoms with Crippen molar-refractivity contribution in [1.82, 2.24) is 14.0 Å². The summed E-state index contributed by atoms with van der Waals surface area (Å²) >= 11 is 5.86. The standard InChI is InChI=1S/C21H31N3O2S/c1-15-16(2)24(18-8-6-7-9-18)21(27)23(15)14-22(3)13-17-10-11-19(25-4)20(12-17)26-5/h10-12,18H,6-9,13-14H2,1-5H3. The van der Waals surface area contributed by atoms with E-state index in [1.807, 2.05) is 12.1 Å². The number of imidazole rings is 1. The molecule has 0 spiro atoms. The average molecular weight is 390 g/mol. The summed E-state index contributed by atoms with van der Waals surface area (Å²) in [6.45, 7) is 5.98. The number of methoxy groups -OCH3 is 2. The predicted octanol–water partition coefficient (Wildman–Crippen LogP) is 4.86. The fourth-order valence-corrected chi connectivity index (χ4v) is 4.61. The normalized spacial score (nSPS) is 14.9. The molecule has 0 saturated heterocycles. The van der Waals surface area contributed by atoms with Crippen molar-refractivity contribution >= 4 is 12.2 Å². The zero-order chi connectivity index (χ0) is 19.6. The summed E-state index contributed by atoms with van der Waals surface area (Å²) in [6, 6.07) is 6.66. The predicted molar refractivity (Wildman–Crippen MR) is 111 cm³/mol. The quantitative estimate of drug-likeness (QED) is 0.633. The van der Waals surface area contributed by atoms with Crippen LogP contribution in [0.5, 0.6) is 11.5 Å². The van der Waals surface area contributed by atoms with Gasteiger partial charge in [-0.2, -0.15) is 0 Å². The second-order valence-corrected chi connectivity index (χ2v) is 7.90. The molecule has 1 saturated carbocycles. The molecule has 5 nitrogen and oxygen atoms in total. The lowest BCUT2D eigenvalue weighted by Crippen LogP contribution is -2.22. The SMILES string of the molecule is COc1ccc(CN(C)Cn2c(C)c(C)n(C3CCCC3)c2=S)cc1OC. The van der Waals surface area contributed by atoms with Gasteiger partial charge in [0.05, 0.1) is 20.9 Å². The molecular formula is C21H31N3O2S. The molecular weight excluding hydrogens is 358 g/mol. The molecule has 0 aliphatic heterocycles. The maximum Gasteiger partial charge on any atom is 0.181 e. The van der Waals surface area contributed by atoms with Gasteiger partial charge >= 0.3 is 0 Å². The highest BCUT2D eigenvalue weighted by atomic mass is 32.1. The number of rotatable bonds is 7. The third-order valence-electron chi connectivity index (χ3n) is 5.70. The van der Waals surface area contributed by atoms with E-state index in [1.54, 1.807) is 14.2 Å². The number of hydrogen-bond acceptors (Lipinski definition) is 4. The minimum Gasteiger partial charge on any atom is -0.493 e. The lowest BCUT2D eigenvalue weighted by atomic mass is 10.2. The zero-order valence-corrected chi connectivity index (χ0v) is 17.9. The van der Waals surface area contributed by atoms with E-state index in [2.05, 4.69) is 41.0 Å². The Bertz CT molecular complexity index is 850. The molecule has 0 amide bonds. The van der Waals surface area contributed by atoms with Crippen LogP contribution in [0.2, 0.25) is 0 Å². The molecule has 0 atom stereocenters. The van der Waals surface area contributed by atoms with Crippen LogP contribution in [0.4, 0.5) is 0 Å². The second-order valence-electron chi connectivity index (χ2n) is 7.53. The first kappa shape index (κ1) is 20.0. The van der Waals surface area contributed by atoms with Gasteiger partial charge in [0.15, 0.2) is 16.3 Å². The highest BCUT2D eigenvalue weighted by molar-refractivity contribution is 7.71. The Morgan fingerprint density at radius 1 is 1.07 bits per heavy atom.